The highest BCUT2D eigenvalue weighted by molar-refractivity contribution is 6.20. The third kappa shape index (κ3) is 6.80. The van der Waals surface area contributed by atoms with Crippen LogP contribution in [0.15, 0.2) is 0 Å². The van der Waals surface area contributed by atoms with E-state index in [4.69, 9.17) is 11.6 Å². The van der Waals surface area contributed by atoms with E-state index < -0.39 is 0 Å². The van der Waals surface area contributed by atoms with Gasteiger partial charge in [0.1, 0.15) is 0 Å². The van der Waals surface area contributed by atoms with Crippen molar-refractivity contribution in [2.45, 2.75) is 83.7 Å². The monoisotopic (exact) mass is 426 g/mol. The van der Waals surface area contributed by atoms with Crippen LogP contribution in [-0.2, 0) is 0 Å². The summed E-state index contributed by atoms with van der Waals surface area (Å²) in [7, 11) is 2.20. The van der Waals surface area contributed by atoms with Gasteiger partial charge in [-0.25, -0.2) is 0 Å². The van der Waals surface area contributed by atoms with Gasteiger partial charge < -0.3 is 15.5 Å². The Bertz CT molecular complexity index is 489. The maximum atomic E-state index is 6.37. The molecule has 4 nitrogen and oxygen atoms in total. The van der Waals surface area contributed by atoms with E-state index in [1.165, 1.54) is 64.7 Å². The Labute approximate surface area is 185 Å². The maximum absolute atomic E-state index is 6.37. The Balaban J connectivity index is 1.45. The van der Waals surface area contributed by atoms with Crippen LogP contribution in [0.3, 0.4) is 0 Å². The van der Waals surface area contributed by atoms with Gasteiger partial charge in [-0.1, -0.05) is 27.7 Å². The first kappa shape index (κ1) is 23.8. The summed E-state index contributed by atoms with van der Waals surface area (Å²) >= 11 is 6.37. The first-order chi connectivity index (χ1) is 13.7. The van der Waals surface area contributed by atoms with Crippen molar-refractivity contribution in [2.75, 3.05) is 46.4 Å². The summed E-state index contributed by atoms with van der Waals surface area (Å²) in [6, 6.07) is 1.24. The lowest BCUT2D eigenvalue weighted by Gasteiger charge is -2.49. The number of piperidine rings is 1. The predicted molar refractivity (Wildman–Crippen MR) is 126 cm³/mol. The summed E-state index contributed by atoms with van der Waals surface area (Å²) in [5.74, 6) is 2.45. The standard InChI is InChI=1S/C24H47ClN4/c1-18(2)23(26-12-10-21-14-28(5)17-27-21)15-29-13-11-22(24(3,4)16-29)19-6-8-20(25)9-7-19/h18-23,26-27H,6-17H2,1-5H3/t19?,20?,21?,22?,23-/m0/s1. The fourth-order valence-corrected chi connectivity index (χ4v) is 6.46. The van der Waals surface area contributed by atoms with Crippen LogP contribution >= 0.6 is 11.6 Å². The zero-order valence-electron chi connectivity index (χ0n) is 19.7. The van der Waals surface area contributed by atoms with E-state index in [1.54, 1.807) is 0 Å². The molecule has 29 heavy (non-hydrogen) atoms. The zero-order chi connectivity index (χ0) is 21.0. The van der Waals surface area contributed by atoms with Crippen molar-refractivity contribution >= 4 is 11.6 Å². The number of hydrogen-bond donors (Lipinski definition) is 2. The van der Waals surface area contributed by atoms with Gasteiger partial charge in [-0.15, -0.1) is 11.6 Å². The molecular formula is C24H47ClN4. The summed E-state index contributed by atoms with van der Waals surface area (Å²) in [6.45, 7) is 16.9. The molecule has 0 aromatic carbocycles. The van der Waals surface area contributed by atoms with Crippen molar-refractivity contribution in [3.8, 4) is 0 Å². The van der Waals surface area contributed by atoms with E-state index in [1.807, 2.05) is 0 Å². The van der Waals surface area contributed by atoms with Crippen molar-refractivity contribution in [2.24, 2.45) is 23.2 Å². The van der Waals surface area contributed by atoms with Gasteiger partial charge >= 0.3 is 0 Å². The van der Waals surface area contributed by atoms with Crippen LogP contribution in [0.4, 0.5) is 0 Å². The molecular weight excluding hydrogens is 380 g/mol. The summed E-state index contributed by atoms with van der Waals surface area (Å²) in [5.41, 5.74) is 0.419. The molecule has 1 aliphatic carbocycles. The highest BCUT2D eigenvalue weighted by Gasteiger charge is 2.41. The third-order valence-electron chi connectivity index (χ3n) is 8.00. The fourth-order valence-electron chi connectivity index (χ4n) is 6.21. The van der Waals surface area contributed by atoms with Crippen LogP contribution in [0.1, 0.15) is 66.2 Å². The smallest absolute Gasteiger partial charge is 0.0480 e. The molecule has 0 aromatic rings. The van der Waals surface area contributed by atoms with Crippen molar-refractivity contribution < 1.29 is 0 Å². The summed E-state index contributed by atoms with van der Waals surface area (Å²) in [6.07, 6.45) is 7.75. The molecule has 2 aliphatic heterocycles. The van der Waals surface area contributed by atoms with E-state index in [0.717, 1.165) is 25.0 Å². The second kappa shape index (κ2) is 10.6. The first-order valence-electron chi connectivity index (χ1n) is 12.3. The van der Waals surface area contributed by atoms with E-state index in [9.17, 15) is 0 Å². The van der Waals surface area contributed by atoms with Crippen LogP contribution in [0, 0.1) is 23.2 Å². The number of nitrogens with zero attached hydrogens (tertiary/aromatic N) is 2. The normalized spacial score (nSPS) is 35.3. The fraction of sp³-hybridized carbons (Fsp3) is 1.00. The van der Waals surface area contributed by atoms with Crippen LogP contribution in [0.5, 0.6) is 0 Å². The molecule has 0 spiro atoms. The maximum Gasteiger partial charge on any atom is 0.0480 e. The lowest BCUT2D eigenvalue weighted by molar-refractivity contribution is 0.00484. The summed E-state index contributed by atoms with van der Waals surface area (Å²) in [4.78, 5) is 5.12. The minimum Gasteiger partial charge on any atom is -0.312 e. The van der Waals surface area contributed by atoms with Gasteiger partial charge in [-0.05, 0) is 81.8 Å². The van der Waals surface area contributed by atoms with Gasteiger partial charge in [0.15, 0.2) is 0 Å². The molecule has 2 heterocycles. The van der Waals surface area contributed by atoms with Crippen molar-refractivity contribution in [1.82, 2.24) is 20.4 Å². The molecule has 2 saturated heterocycles. The highest BCUT2D eigenvalue weighted by atomic mass is 35.5. The number of nitrogens with one attached hydrogen (secondary N) is 2. The Hall–Kier alpha value is 0.130. The Morgan fingerprint density at radius 3 is 2.45 bits per heavy atom. The molecule has 0 aromatic heterocycles. The molecule has 3 fully saturated rings. The number of likely N-dealkylation sites (N-methyl/N-ethyl adjacent to an activating group) is 1. The zero-order valence-corrected chi connectivity index (χ0v) is 20.5. The summed E-state index contributed by atoms with van der Waals surface area (Å²) < 4.78 is 0. The lowest BCUT2D eigenvalue weighted by atomic mass is 9.64. The molecule has 5 heteroatoms. The molecule has 3 rings (SSSR count). The van der Waals surface area contributed by atoms with Crippen molar-refractivity contribution in [3.63, 3.8) is 0 Å². The molecule has 170 valence electrons. The van der Waals surface area contributed by atoms with Gasteiger partial charge in [0.25, 0.3) is 0 Å². The Morgan fingerprint density at radius 2 is 1.86 bits per heavy atom. The first-order valence-corrected chi connectivity index (χ1v) is 12.7. The largest absolute Gasteiger partial charge is 0.312 e. The Kier molecular flexibility index (Phi) is 8.72. The van der Waals surface area contributed by atoms with E-state index in [-0.39, 0.29) is 0 Å². The van der Waals surface area contributed by atoms with Crippen LogP contribution < -0.4 is 10.6 Å². The molecule has 0 amide bonds. The molecule has 2 N–H and O–H groups in total. The molecule has 3 atom stereocenters. The van der Waals surface area contributed by atoms with E-state index in [2.05, 4.69) is 55.2 Å². The number of alkyl halides is 1. The molecule has 3 aliphatic rings. The second-order valence-electron chi connectivity index (χ2n) is 11.3. The molecule has 2 unspecified atom stereocenters. The third-order valence-corrected chi connectivity index (χ3v) is 8.44. The van der Waals surface area contributed by atoms with Crippen LogP contribution in [0.25, 0.3) is 0 Å². The number of halogens is 1. The van der Waals surface area contributed by atoms with Gasteiger partial charge in [0.2, 0.25) is 0 Å². The average molecular weight is 427 g/mol. The minimum absolute atomic E-state index is 0.419. The number of likely N-dealkylation sites (tertiary alicyclic amines) is 1. The molecule has 0 radical (unpaired) electrons. The van der Waals surface area contributed by atoms with Crippen LogP contribution in [0.2, 0.25) is 0 Å². The molecule has 1 saturated carbocycles. The van der Waals surface area contributed by atoms with Gasteiger partial charge in [0, 0.05) is 43.8 Å². The Morgan fingerprint density at radius 1 is 1.14 bits per heavy atom. The van der Waals surface area contributed by atoms with Crippen molar-refractivity contribution in [1.29, 1.82) is 0 Å². The molecule has 0 bridgehead atoms. The highest BCUT2D eigenvalue weighted by Crippen LogP contribution is 2.45. The van der Waals surface area contributed by atoms with Crippen molar-refractivity contribution in [3.05, 3.63) is 0 Å². The van der Waals surface area contributed by atoms with Crippen LogP contribution in [-0.4, -0.2) is 73.7 Å². The topological polar surface area (TPSA) is 30.5 Å². The second-order valence-corrected chi connectivity index (χ2v) is 11.9. The lowest BCUT2D eigenvalue weighted by Crippen LogP contribution is -2.53. The van der Waals surface area contributed by atoms with E-state index in [0.29, 0.717) is 28.8 Å². The van der Waals surface area contributed by atoms with Gasteiger partial charge in [0.05, 0.1) is 0 Å². The predicted octanol–water partition coefficient (Wildman–Crippen LogP) is 4.00. The summed E-state index contributed by atoms with van der Waals surface area (Å²) in [5, 5.41) is 7.94. The number of hydrogen-bond acceptors (Lipinski definition) is 4. The van der Waals surface area contributed by atoms with E-state index >= 15 is 0 Å². The SMILES string of the molecule is CC(C)[C@H](CN1CCC(C2CCC(Cl)CC2)C(C)(C)C1)NCCC1CN(C)CN1. The average Bonchev–Trinajstić information content (AvgIpc) is 3.06. The van der Waals surface area contributed by atoms with Gasteiger partial charge in [-0.2, -0.15) is 0 Å². The van der Waals surface area contributed by atoms with Gasteiger partial charge in [-0.3, -0.25) is 4.90 Å². The quantitative estimate of drug-likeness (QED) is 0.574. The minimum atomic E-state index is 0.419. The number of rotatable bonds is 8.